The molecule has 1 aliphatic rings. The molecule has 0 unspecified atom stereocenters. The smallest absolute Gasteiger partial charge is 0.303 e. The fourth-order valence-corrected chi connectivity index (χ4v) is 2.33. The zero-order valence-corrected chi connectivity index (χ0v) is 14.2. The highest BCUT2D eigenvalue weighted by molar-refractivity contribution is 5.68. The Hall–Kier alpha value is -2.67. The van der Waals surface area contributed by atoms with Gasteiger partial charge < -0.3 is 23.7 Å². The van der Waals surface area contributed by atoms with Crippen LogP contribution in [-0.2, 0) is 42.9 Å². The molecule has 1 aliphatic heterocycles. The summed E-state index contributed by atoms with van der Waals surface area (Å²) < 4.78 is 25.6. The third-order valence-corrected chi connectivity index (χ3v) is 3.12. The fourth-order valence-electron chi connectivity index (χ4n) is 2.33. The molecule has 5 atom stereocenters. The minimum atomic E-state index is -1.32. The maximum atomic E-state index is 11.4. The Kier molecular flexibility index (Phi) is 7.32. The second-order valence-electron chi connectivity index (χ2n) is 5.25. The van der Waals surface area contributed by atoms with Gasteiger partial charge in [0.1, 0.15) is 12.7 Å². The van der Waals surface area contributed by atoms with Crippen molar-refractivity contribution in [1.29, 1.82) is 5.26 Å². The van der Waals surface area contributed by atoms with Crippen molar-refractivity contribution in [2.45, 2.75) is 58.2 Å². The molecule has 0 aliphatic carbocycles. The lowest BCUT2D eigenvalue weighted by molar-refractivity contribution is -0.243. The fraction of sp³-hybridized carbons (Fsp3) is 0.667. The van der Waals surface area contributed by atoms with Gasteiger partial charge in [-0.05, 0) is 0 Å². The third-order valence-electron chi connectivity index (χ3n) is 3.12. The number of hydrogen-bond acceptors (Lipinski definition) is 10. The maximum Gasteiger partial charge on any atom is 0.303 e. The molecule has 0 bridgehead atoms. The Labute approximate surface area is 143 Å². The van der Waals surface area contributed by atoms with Crippen LogP contribution in [0.25, 0.3) is 0 Å². The zero-order chi connectivity index (χ0) is 19.1. The molecular formula is C15H19NO9. The molecule has 1 rings (SSSR count). The van der Waals surface area contributed by atoms with Crippen LogP contribution in [0.15, 0.2) is 0 Å². The highest BCUT2D eigenvalue weighted by Crippen LogP contribution is 2.28. The van der Waals surface area contributed by atoms with E-state index in [0.717, 1.165) is 27.7 Å². The highest BCUT2D eigenvalue weighted by Gasteiger charge is 2.52. The summed E-state index contributed by atoms with van der Waals surface area (Å²) in [6, 6.07) is 1.78. The van der Waals surface area contributed by atoms with E-state index in [0.29, 0.717) is 0 Å². The lowest BCUT2D eigenvalue weighted by Gasteiger charge is -2.42. The minimum Gasteiger partial charge on any atom is -0.463 e. The van der Waals surface area contributed by atoms with Gasteiger partial charge in [-0.15, -0.1) is 0 Å². The van der Waals surface area contributed by atoms with Crippen molar-refractivity contribution in [3.05, 3.63) is 0 Å². The summed E-state index contributed by atoms with van der Waals surface area (Å²) in [5.74, 6) is -2.84. The van der Waals surface area contributed by atoms with Crippen LogP contribution in [0.3, 0.4) is 0 Å². The molecule has 0 aromatic rings. The van der Waals surface area contributed by atoms with Crippen LogP contribution < -0.4 is 0 Å². The van der Waals surface area contributed by atoms with Crippen LogP contribution in [0.1, 0.15) is 27.7 Å². The van der Waals surface area contributed by atoms with Gasteiger partial charge in [0, 0.05) is 27.7 Å². The topological polar surface area (TPSA) is 138 Å². The Morgan fingerprint density at radius 3 is 1.76 bits per heavy atom. The van der Waals surface area contributed by atoms with Crippen LogP contribution in [-0.4, -0.2) is 61.0 Å². The van der Waals surface area contributed by atoms with Crippen LogP contribution in [0, 0.1) is 11.3 Å². The third kappa shape index (κ3) is 6.04. The monoisotopic (exact) mass is 357 g/mol. The van der Waals surface area contributed by atoms with Gasteiger partial charge in [-0.2, -0.15) is 5.26 Å². The molecule has 1 heterocycles. The van der Waals surface area contributed by atoms with Gasteiger partial charge in [-0.1, -0.05) is 0 Å². The second-order valence-corrected chi connectivity index (χ2v) is 5.25. The molecule has 0 aromatic heterocycles. The Morgan fingerprint density at radius 2 is 1.32 bits per heavy atom. The molecule has 1 fully saturated rings. The molecule has 0 saturated carbocycles. The van der Waals surface area contributed by atoms with E-state index in [4.69, 9.17) is 23.7 Å². The van der Waals surface area contributed by atoms with Crippen LogP contribution in [0.2, 0.25) is 0 Å². The predicted octanol–water partition coefficient (Wildman–Crippen LogP) is -0.364. The molecule has 0 radical (unpaired) electrons. The first-order valence-corrected chi connectivity index (χ1v) is 7.35. The SMILES string of the molecule is CC(=O)OC[C@@H]1O[C@H](C#N)[C@@H](OC(C)=O)[C@H](OC(C)=O)[C@@H]1OC(C)=O. The Bertz CT molecular complexity index is 582. The second kappa shape index (κ2) is 8.98. The average molecular weight is 357 g/mol. The van der Waals surface area contributed by atoms with Crippen LogP contribution in [0.5, 0.6) is 0 Å². The van der Waals surface area contributed by atoms with Crippen LogP contribution in [0.4, 0.5) is 0 Å². The lowest BCUT2D eigenvalue weighted by atomic mass is 9.94. The van der Waals surface area contributed by atoms with E-state index in [9.17, 15) is 24.4 Å². The Morgan fingerprint density at radius 1 is 0.840 bits per heavy atom. The summed E-state index contributed by atoms with van der Waals surface area (Å²) in [7, 11) is 0. The summed E-state index contributed by atoms with van der Waals surface area (Å²) in [4.78, 5) is 45.2. The van der Waals surface area contributed by atoms with E-state index in [2.05, 4.69) is 0 Å². The molecule has 10 nitrogen and oxygen atoms in total. The zero-order valence-electron chi connectivity index (χ0n) is 14.2. The number of rotatable bonds is 5. The normalized spacial score (nSPS) is 28.2. The van der Waals surface area contributed by atoms with Gasteiger partial charge >= 0.3 is 23.9 Å². The van der Waals surface area contributed by atoms with Crippen molar-refractivity contribution in [2.75, 3.05) is 6.61 Å². The van der Waals surface area contributed by atoms with E-state index in [1.165, 1.54) is 0 Å². The number of esters is 4. The van der Waals surface area contributed by atoms with Crippen molar-refractivity contribution in [3.8, 4) is 6.07 Å². The molecule has 0 spiro atoms. The van der Waals surface area contributed by atoms with Crippen molar-refractivity contribution in [2.24, 2.45) is 0 Å². The van der Waals surface area contributed by atoms with Crippen molar-refractivity contribution >= 4 is 23.9 Å². The first-order chi connectivity index (χ1) is 11.6. The molecule has 1 saturated heterocycles. The van der Waals surface area contributed by atoms with Gasteiger partial charge in [-0.25, -0.2) is 0 Å². The lowest BCUT2D eigenvalue weighted by Crippen LogP contribution is -2.62. The van der Waals surface area contributed by atoms with Crippen molar-refractivity contribution in [3.63, 3.8) is 0 Å². The van der Waals surface area contributed by atoms with Gasteiger partial charge in [0.2, 0.25) is 0 Å². The van der Waals surface area contributed by atoms with Crippen LogP contribution >= 0.6 is 0 Å². The molecule has 0 amide bonds. The first kappa shape index (κ1) is 20.4. The minimum absolute atomic E-state index is 0.351. The molecule has 10 heteroatoms. The quantitative estimate of drug-likeness (QED) is 0.473. The predicted molar refractivity (Wildman–Crippen MR) is 77.6 cm³/mol. The largest absolute Gasteiger partial charge is 0.463 e. The molecule has 0 aromatic carbocycles. The van der Waals surface area contributed by atoms with E-state index >= 15 is 0 Å². The van der Waals surface area contributed by atoms with Gasteiger partial charge in [0.05, 0.1) is 6.07 Å². The molecule has 25 heavy (non-hydrogen) atoms. The number of carbonyl (C=O) groups is 4. The summed E-state index contributed by atoms with van der Waals surface area (Å²) in [5, 5.41) is 9.27. The van der Waals surface area contributed by atoms with Crippen molar-refractivity contribution in [1.82, 2.24) is 0 Å². The first-order valence-electron chi connectivity index (χ1n) is 7.35. The summed E-state index contributed by atoms with van der Waals surface area (Å²) >= 11 is 0. The molecule has 0 N–H and O–H groups in total. The number of hydrogen-bond donors (Lipinski definition) is 0. The summed E-state index contributed by atoms with van der Waals surface area (Å²) in [6.45, 7) is 4.14. The van der Waals surface area contributed by atoms with E-state index < -0.39 is 54.4 Å². The average Bonchev–Trinajstić information content (AvgIpc) is 2.48. The highest BCUT2D eigenvalue weighted by atomic mass is 16.7. The van der Waals surface area contributed by atoms with Crippen molar-refractivity contribution < 1.29 is 42.9 Å². The maximum absolute atomic E-state index is 11.4. The number of carbonyl (C=O) groups excluding carboxylic acids is 4. The van der Waals surface area contributed by atoms with E-state index in [1.807, 2.05) is 0 Å². The summed E-state index contributed by atoms with van der Waals surface area (Å²) in [5.41, 5.74) is 0. The number of nitrogens with zero attached hydrogens (tertiary/aromatic N) is 1. The number of ether oxygens (including phenoxy) is 5. The summed E-state index contributed by atoms with van der Waals surface area (Å²) in [6.07, 6.45) is -6.27. The Balaban J connectivity index is 3.21. The standard InChI is InChI=1S/C15H19NO9/c1-7(17)21-6-12-14(23-9(3)19)15(24-10(4)20)13(22-8(2)18)11(5-16)25-12/h11-15H,6H2,1-4H3/t11-,12+,13-,14-,15+/m1/s1. The van der Waals surface area contributed by atoms with Gasteiger partial charge in [0.15, 0.2) is 24.4 Å². The number of nitriles is 1. The van der Waals surface area contributed by atoms with Gasteiger partial charge in [-0.3, -0.25) is 19.2 Å². The molecule has 138 valence electrons. The van der Waals surface area contributed by atoms with Gasteiger partial charge in [0.25, 0.3) is 0 Å². The molecular weight excluding hydrogens is 338 g/mol. The van der Waals surface area contributed by atoms with E-state index in [1.54, 1.807) is 6.07 Å². The van der Waals surface area contributed by atoms with E-state index in [-0.39, 0.29) is 6.61 Å².